The van der Waals surface area contributed by atoms with Gasteiger partial charge >= 0.3 is 0 Å². The van der Waals surface area contributed by atoms with Gasteiger partial charge in [0.05, 0.1) is 24.4 Å². The zero-order chi connectivity index (χ0) is 22.1. The molecule has 0 saturated carbocycles. The first-order chi connectivity index (χ1) is 15.6. The average molecular weight is 433 g/mol. The van der Waals surface area contributed by atoms with E-state index in [-0.39, 0.29) is 17.4 Å². The van der Waals surface area contributed by atoms with Gasteiger partial charge < -0.3 is 19.3 Å². The van der Waals surface area contributed by atoms with Crippen LogP contribution in [-0.4, -0.2) is 55.7 Å². The molecule has 0 radical (unpaired) electrons. The van der Waals surface area contributed by atoms with Crippen LogP contribution in [-0.2, 0) is 21.6 Å². The molecule has 5 rings (SSSR count). The summed E-state index contributed by atoms with van der Waals surface area (Å²) in [6.45, 7) is 3.78. The number of aromatic nitrogens is 1. The fourth-order valence-corrected chi connectivity index (χ4v) is 5.18. The molecular formula is C25H28N4O3. The van der Waals surface area contributed by atoms with E-state index < -0.39 is 0 Å². The molecular weight excluding hydrogens is 404 g/mol. The molecule has 0 N–H and O–H groups in total. The maximum Gasteiger partial charge on any atom is 0.222 e. The minimum atomic E-state index is -0.254. The third-order valence-corrected chi connectivity index (χ3v) is 7.00. The van der Waals surface area contributed by atoms with Crippen LogP contribution >= 0.6 is 0 Å². The Kier molecular flexibility index (Phi) is 5.48. The number of nitriles is 1. The van der Waals surface area contributed by atoms with Crippen LogP contribution in [0.15, 0.2) is 36.5 Å². The summed E-state index contributed by atoms with van der Waals surface area (Å²) in [4.78, 5) is 20.2. The lowest BCUT2D eigenvalue weighted by Gasteiger charge is -2.45. The number of amides is 1. The van der Waals surface area contributed by atoms with Gasteiger partial charge in [0, 0.05) is 45.2 Å². The number of likely N-dealkylation sites (tertiary alicyclic amines) is 1. The molecule has 3 aliphatic heterocycles. The Hall–Kier alpha value is -3.11. The van der Waals surface area contributed by atoms with Crippen LogP contribution in [0.4, 0.5) is 5.82 Å². The van der Waals surface area contributed by atoms with Gasteiger partial charge in [0.15, 0.2) is 0 Å². The van der Waals surface area contributed by atoms with Crippen molar-refractivity contribution in [2.75, 3.05) is 44.8 Å². The van der Waals surface area contributed by atoms with Crippen LogP contribution < -0.4 is 9.64 Å². The molecule has 7 heteroatoms. The smallest absolute Gasteiger partial charge is 0.222 e. The van der Waals surface area contributed by atoms with E-state index in [9.17, 15) is 4.79 Å². The van der Waals surface area contributed by atoms with E-state index in [4.69, 9.17) is 14.7 Å². The first-order valence-corrected chi connectivity index (χ1v) is 11.3. The highest BCUT2D eigenvalue weighted by Gasteiger charge is 2.41. The molecule has 1 aromatic carbocycles. The molecule has 1 spiro atoms. The quantitative estimate of drug-likeness (QED) is 0.739. The predicted molar refractivity (Wildman–Crippen MR) is 119 cm³/mol. The molecule has 4 heterocycles. The predicted octanol–water partition coefficient (Wildman–Crippen LogP) is 2.88. The number of fused-ring (bicyclic) bond motifs is 2. The topological polar surface area (TPSA) is 78.7 Å². The molecule has 0 bridgehead atoms. The number of hydrogen-bond donors (Lipinski definition) is 0. The van der Waals surface area contributed by atoms with Crippen LogP contribution in [0.3, 0.4) is 0 Å². The fraction of sp³-hybridized carbons (Fsp3) is 0.480. The first kappa shape index (κ1) is 20.8. The molecule has 166 valence electrons. The second-order valence-corrected chi connectivity index (χ2v) is 9.07. The highest BCUT2D eigenvalue weighted by Crippen LogP contribution is 2.43. The molecule has 0 aliphatic carbocycles. The summed E-state index contributed by atoms with van der Waals surface area (Å²) in [5.41, 5.74) is 2.91. The summed E-state index contributed by atoms with van der Waals surface area (Å²) in [5.74, 6) is 2.25. The van der Waals surface area contributed by atoms with Gasteiger partial charge in [-0.1, -0.05) is 6.07 Å². The van der Waals surface area contributed by atoms with Crippen LogP contribution in [0.5, 0.6) is 5.75 Å². The Morgan fingerprint density at radius 1 is 1.28 bits per heavy atom. The molecule has 2 saturated heterocycles. The number of anilines is 1. The molecule has 2 fully saturated rings. The van der Waals surface area contributed by atoms with Gasteiger partial charge in [-0.25, -0.2) is 4.98 Å². The summed E-state index contributed by atoms with van der Waals surface area (Å²) in [7, 11) is 1.85. The van der Waals surface area contributed by atoms with Gasteiger partial charge in [-0.3, -0.25) is 4.79 Å². The number of ether oxygens (including phenoxy) is 2. The van der Waals surface area contributed by atoms with Crippen LogP contribution in [0.1, 0.15) is 36.0 Å². The number of hydrogen-bond acceptors (Lipinski definition) is 6. The number of carbonyl (C=O) groups is 1. The van der Waals surface area contributed by atoms with Crippen molar-refractivity contribution >= 4 is 11.7 Å². The maximum absolute atomic E-state index is 11.7. The second kappa shape index (κ2) is 8.44. The molecule has 1 aromatic heterocycles. The molecule has 32 heavy (non-hydrogen) atoms. The van der Waals surface area contributed by atoms with Crippen molar-refractivity contribution in [3.8, 4) is 11.8 Å². The van der Waals surface area contributed by atoms with Gasteiger partial charge in [-0.15, -0.1) is 0 Å². The monoisotopic (exact) mass is 432 g/mol. The van der Waals surface area contributed by atoms with E-state index in [0.29, 0.717) is 25.2 Å². The summed E-state index contributed by atoms with van der Waals surface area (Å²) < 4.78 is 12.4. The summed E-state index contributed by atoms with van der Waals surface area (Å²) in [6, 6.07) is 12.2. The molecule has 7 nitrogen and oxygen atoms in total. The average Bonchev–Trinajstić information content (AvgIpc) is 3.15. The van der Waals surface area contributed by atoms with E-state index in [1.54, 1.807) is 11.1 Å². The van der Waals surface area contributed by atoms with Crippen molar-refractivity contribution in [3.05, 3.63) is 53.2 Å². The van der Waals surface area contributed by atoms with Crippen molar-refractivity contribution in [1.82, 2.24) is 9.88 Å². The normalized spacial score (nSPS) is 22.0. The fourth-order valence-electron chi connectivity index (χ4n) is 5.18. The van der Waals surface area contributed by atoms with E-state index in [1.165, 1.54) is 11.1 Å². The molecule has 1 amide bonds. The van der Waals surface area contributed by atoms with Crippen molar-refractivity contribution in [2.45, 2.75) is 31.3 Å². The minimum absolute atomic E-state index is 0.200. The van der Waals surface area contributed by atoms with E-state index in [2.05, 4.69) is 28.1 Å². The Morgan fingerprint density at radius 3 is 2.81 bits per heavy atom. The van der Waals surface area contributed by atoms with Gasteiger partial charge in [-0.2, -0.15) is 5.26 Å². The number of pyridine rings is 1. The van der Waals surface area contributed by atoms with Crippen LogP contribution in [0.25, 0.3) is 0 Å². The van der Waals surface area contributed by atoms with Crippen LogP contribution in [0, 0.1) is 17.2 Å². The SMILES string of the molecule is CN1CC(COc2ccc3c(c2)CCOC32CCN(c3ccc(C#N)cn3)CC2)CC1=O. The molecule has 1 atom stereocenters. The lowest BCUT2D eigenvalue weighted by molar-refractivity contribution is -0.126. The Balaban J connectivity index is 1.25. The zero-order valence-electron chi connectivity index (χ0n) is 18.4. The van der Waals surface area contributed by atoms with Crippen molar-refractivity contribution in [1.29, 1.82) is 5.26 Å². The van der Waals surface area contributed by atoms with E-state index >= 15 is 0 Å². The largest absolute Gasteiger partial charge is 0.493 e. The molecule has 2 aromatic rings. The lowest BCUT2D eigenvalue weighted by Crippen LogP contribution is -2.46. The standard InChI is InChI=1S/C25H28N4O3/c1-28-16-19(12-24(28)30)17-31-21-3-4-22-20(13-21)6-11-32-25(22)7-9-29(10-8-25)23-5-2-18(14-26)15-27-23/h2-5,13,15,19H,6-12,16-17H2,1H3. The van der Waals surface area contributed by atoms with Gasteiger partial charge in [0.25, 0.3) is 0 Å². The van der Waals surface area contributed by atoms with Crippen molar-refractivity contribution < 1.29 is 14.3 Å². The lowest BCUT2D eigenvalue weighted by atomic mass is 9.79. The third kappa shape index (κ3) is 3.91. The second-order valence-electron chi connectivity index (χ2n) is 9.07. The van der Waals surface area contributed by atoms with Crippen molar-refractivity contribution in [2.24, 2.45) is 5.92 Å². The van der Waals surface area contributed by atoms with E-state index in [0.717, 1.165) is 50.5 Å². The maximum atomic E-state index is 11.7. The number of nitrogens with zero attached hydrogens (tertiary/aromatic N) is 4. The van der Waals surface area contributed by atoms with Gasteiger partial charge in [0.2, 0.25) is 5.91 Å². The van der Waals surface area contributed by atoms with Gasteiger partial charge in [0.1, 0.15) is 17.6 Å². The number of benzene rings is 1. The zero-order valence-corrected chi connectivity index (χ0v) is 18.4. The molecule has 1 unspecified atom stereocenters. The highest BCUT2D eigenvalue weighted by atomic mass is 16.5. The first-order valence-electron chi connectivity index (χ1n) is 11.3. The third-order valence-electron chi connectivity index (χ3n) is 7.00. The number of carbonyl (C=O) groups excluding carboxylic acids is 1. The van der Waals surface area contributed by atoms with Gasteiger partial charge in [-0.05, 0) is 54.7 Å². The number of rotatable bonds is 4. The summed E-state index contributed by atoms with van der Waals surface area (Å²) >= 11 is 0. The molecule has 3 aliphatic rings. The Morgan fingerprint density at radius 2 is 2.12 bits per heavy atom. The Bertz CT molecular complexity index is 1040. The summed E-state index contributed by atoms with van der Waals surface area (Å²) in [5, 5.41) is 8.98. The van der Waals surface area contributed by atoms with Crippen molar-refractivity contribution in [3.63, 3.8) is 0 Å². The van der Waals surface area contributed by atoms with E-state index in [1.807, 2.05) is 25.2 Å². The minimum Gasteiger partial charge on any atom is -0.493 e. The summed E-state index contributed by atoms with van der Waals surface area (Å²) in [6.07, 6.45) is 4.90. The highest BCUT2D eigenvalue weighted by molar-refractivity contribution is 5.78. The Labute approximate surface area is 188 Å². The van der Waals surface area contributed by atoms with Crippen LogP contribution in [0.2, 0.25) is 0 Å². The number of piperidine rings is 1.